The molecule has 4 nitrogen and oxygen atoms in total. The summed E-state index contributed by atoms with van der Waals surface area (Å²) < 4.78 is 13.0. The van der Waals surface area contributed by atoms with Crippen molar-refractivity contribution in [2.75, 3.05) is 10.6 Å². The maximum atomic E-state index is 13.0. The number of halogens is 1. The molecule has 108 valence electrons. The molecule has 0 saturated heterocycles. The SMILES string of the molecule is Fc1ccc(Nc2cc(C3CC3)nc(NC3CC3)n2)cc1. The molecule has 2 aromatic rings. The smallest absolute Gasteiger partial charge is 0.225 e. The van der Waals surface area contributed by atoms with Crippen LogP contribution in [0.25, 0.3) is 0 Å². The van der Waals surface area contributed by atoms with Crippen LogP contribution in [0.1, 0.15) is 37.3 Å². The summed E-state index contributed by atoms with van der Waals surface area (Å²) in [7, 11) is 0. The molecule has 1 heterocycles. The summed E-state index contributed by atoms with van der Waals surface area (Å²) in [6.07, 6.45) is 4.79. The number of nitrogens with one attached hydrogen (secondary N) is 2. The Morgan fingerprint density at radius 1 is 1.00 bits per heavy atom. The lowest BCUT2D eigenvalue weighted by Gasteiger charge is -2.10. The minimum absolute atomic E-state index is 0.238. The highest BCUT2D eigenvalue weighted by Gasteiger charge is 2.27. The van der Waals surface area contributed by atoms with Gasteiger partial charge < -0.3 is 10.6 Å². The molecule has 2 aliphatic carbocycles. The van der Waals surface area contributed by atoms with Crippen molar-refractivity contribution >= 4 is 17.5 Å². The maximum Gasteiger partial charge on any atom is 0.225 e. The average Bonchev–Trinajstić information content (AvgIpc) is 3.35. The minimum Gasteiger partial charge on any atom is -0.351 e. The van der Waals surface area contributed by atoms with Crippen molar-refractivity contribution in [3.05, 3.63) is 41.8 Å². The van der Waals surface area contributed by atoms with E-state index in [1.165, 1.54) is 37.8 Å². The van der Waals surface area contributed by atoms with E-state index in [0.29, 0.717) is 17.9 Å². The standard InChI is InChI=1S/C16H17FN4/c17-11-3-5-12(6-4-11)18-15-9-14(10-1-2-10)20-16(21-15)19-13-7-8-13/h3-6,9-10,13H,1-2,7-8H2,(H2,18,19,20,21). The third-order valence-corrected chi connectivity index (χ3v) is 3.77. The first-order valence-electron chi connectivity index (χ1n) is 7.44. The fourth-order valence-electron chi connectivity index (χ4n) is 2.27. The molecule has 1 aromatic heterocycles. The highest BCUT2D eigenvalue weighted by atomic mass is 19.1. The second kappa shape index (κ2) is 4.98. The summed E-state index contributed by atoms with van der Waals surface area (Å²) in [6.45, 7) is 0. The third kappa shape index (κ3) is 3.12. The van der Waals surface area contributed by atoms with Crippen molar-refractivity contribution in [1.29, 1.82) is 0 Å². The van der Waals surface area contributed by atoms with Crippen LogP contribution in [-0.2, 0) is 0 Å². The Balaban J connectivity index is 1.59. The summed E-state index contributed by atoms with van der Waals surface area (Å²) in [5.74, 6) is 1.80. The Labute approximate surface area is 122 Å². The molecule has 2 aliphatic rings. The van der Waals surface area contributed by atoms with Crippen LogP contribution in [0.2, 0.25) is 0 Å². The zero-order chi connectivity index (χ0) is 14.2. The lowest BCUT2D eigenvalue weighted by Crippen LogP contribution is -2.08. The summed E-state index contributed by atoms with van der Waals surface area (Å²) in [6, 6.07) is 8.82. The van der Waals surface area contributed by atoms with E-state index in [4.69, 9.17) is 0 Å². The molecular weight excluding hydrogens is 267 g/mol. The average molecular weight is 284 g/mol. The first-order valence-corrected chi connectivity index (χ1v) is 7.44. The van der Waals surface area contributed by atoms with Crippen LogP contribution in [0.3, 0.4) is 0 Å². The van der Waals surface area contributed by atoms with Crippen LogP contribution in [0.15, 0.2) is 30.3 Å². The molecule has 1 aromatic carbocycles. The van der Waals surface area contributed by atoms with Crippen molar-refractivity contribution < 1.29 is 4.39 Å². The molecule has 2 saturated carbocycles. The van der Waals surface area contributed by atoms with Crippen molar-refractivity contribution in [2.45, 2.75) is 37.6 Å². The number of nitrogens with zero attached hydrogens (tertiary/aromatic N) is 2. The molecular formula is C16H17FN4. The quantitative estimate of drug-likeness (QED) is 0.876. The van der Waals surface area contributed by atoms with E-state index in [-0.39, 0.29) is 5.82 Å². The zero-order valence-electron chi connectivity index (χ0n) is 11.6. The summed E-state index contributed by atoms with van der Waals surface area (Å²) in [5.41, 5.74) is 1.92. The Morgan fingerprint density at radius 2 is 1.76 bits per heavy atom. The van der Waals surface area contributed by atoms with Gasteiger partial charge in [-0.25, -0.2) is 9.37 Å². The molecule has 0 spiro atoms. The van der Waals surface area contributed by atoms with E-state index in [0.717, 1.165) is 17.2 Å². The van der Waals surface area contributed by atoms with Gasteiger partial charge in [-0.05, 0) is 49.9 Å². The van der Waals surface area contributed by atoms with Gasteiger partial charge in [-0.3, -0.25) is 0 Å². The number of hydrogen-bond donors (Lipinski definition) is 2. The molecule has 4 rings (SSSR count). The van der Waals surface area contributed by atoms with Crippen LogP contribution in [-0.4, -0.2) is 16.0 Å². The van der Waals surface area contributed by atoms with Gasteiger partial charge in [0.15, 0.2) is 0 Å². The molecule has 0 aliphatic heterocycles. The van der Waals surface area contributed by atoms with Gasteiger partial charge in [-0.15, -0.1) is 0 Å². The number of aromatic nitrogens is 2. The Hall–Kier alpha value is -2.17. The summed E-state index contributed by atoms with van der Waals surface area (Å²) in [5, 5.41) is 6.58. The molecule has 21 heavy (non-hydrogen) atoms. The van der Waals surface area contributed by atoms with Gasteiger partial charge in [0.1, 0.15) is 11.6 Å². The first-order chi connectivity index (χ1) is 10.3. The highest BCUT2D eigenvalue weighted by Crippen LogP contribution is 2.40. The fraction of sp³-hybridized carbons (Fsp3) is 0.375. The van der Waals surface area contributed by atoms with Crippen molar-refractivity contribution in [2.24, 2.45) is 0 Å². The van der Waals surface area contributed by atoms with Crippen molar-refractivity contribution in [1.82, 2.24) is 9.97 Å². The molecule has 0 unspecified atom stereocenters. The van der Waals surface area contributed by atoms with E-state index in [1.807, 2.05) is 6.07 Å². The Bertz CT molecular complexity index is 648. The number of benzene rings is 1. The predicted octanol–water partition coefficient (Wildman–Crippen LogP) is 3.81. The van der Waals surface area contributed by atoms with Gasteiger partial charge in [0.05, 0.1) is 5.69 Å². The lowest BCUT2D eigenvalue weighted by molar-refractivity contribution is 0.628. The molecule has 2 fully saturated rings. The topological polar surface area (TPSA) is 49.8 Å². The van der Waals surface area contributed by atoms with Gasteiger partial charge in [0.25, 0.3) is 0 Å². The van der Waals surface area contributed by atoms with Crippen LogP contribution >= 0.6 is 0 Å². The van der Waals surface area contributed by atoms with Gasteiger partial charge in [-0.1, -0.05) is 0 Å². The van der Waals surface area contributed by atoms with E-state index in [1.54, 1.807) is 12.1 Å². The van der Waals surface area contributed by atoms with E-state index < -0.39 is 0 Å². The van der Waals surface area contributed by atoms with Gasteiger partial charge in [0, 0.05) is 23.7 Å². The minimum atomic E-state index is -0.238. The lowest BCUT2D eigenvalue weighted by atomic mass is 10.2. The van der Waals surface area contributed by atoms with Gasteiger partial charge >= 0.3 is 0 Å². The zero-order valence-corrected chi connectivity index (χ0v) is 11.6. The molecule has 0 radical (unpaired) electrons. The number of anilines is 3. The van der Waals surface area contributed by atoms with Crippen molar-refractivity contribution in [3.8, 4) is 0 Å². The second-order valence-corrected chi connectivity index (χ2v) is 5.83. The normalized spacial score (nSPS) is 17.6. The fourth-order valence-corrected chi connectivity index (χ4v) is 2.27. The maximum absolute atomic E-state index is 13.0. The first kappa shape index (κ1) is 12.6. The Kier molecular flexibility index (Phi) is 2.98. The van der Waals surface area contributed by atoms with Crippen LogP contribution < -0.4 is 10.6 Å². The van der Waals surface area contributed by atoms with Gasteiger partial charge in [-0.2, -0.15) is 4.98 Å². The molecule has 5 heteroatoms. The highest BCUT2D eigenvalue weighted by molar-refractivity contribution is 5.58. The van der Waals surface area contributed by atoms with Crippen LogP contribution in [0, 0.1) is 5.82 Å². The van der Waals surface area contributed by atoms with E-state index in [2.05, 4.69) is 20.6 Å². The molecule has 0 atom stereocenters. The summed E-state index contributed by atoms with van der Waals surface area (Å²) in [4.78, 5) is 9.12. The van der Waals surface area contributed by atoms with E-state index in [9.17, 15) is 4.39 Å². The predicted molar refractivity (Wildman–Crippen MR) is 80.3 cm³/mol. The Morgan fingerprint density at radius 3 is 2.43 bits per heavy atom. The van der Waals surface area contributed by atoms with Crippen LogP contribution in [0.5, 0.6) is 0 Å². The van der Waals surface area contributed by atoms with Crippen molar-refractivity contribution in [3.63, 3.8) is 0 Å². The number of rotatable bonds is 5. The molecule has 0 amide bonds. The monoisotopic (exact) mass is 284 g/mol. The second-order valence-electron chi connectivity index (χ2n) is 5.83. The van der Waals surface area contributed by atoms with E-state index >= 15 is 0 Å². The summed E-state index contributed by atoms with van der Waals surface area (Å²) >= 11 is 0. The van der Waals surface area contributed by atoms with Gasteiger partial charge in [0.2, 0.25) is 5.95 Å². The third-order valence-electron chi connectivity index (χ3n) is 3.77. The molecule has 0 bridgehead atoms. The largest absolute Gasteiger partial charge is 0.351 e. The van der Waals surface area contributed by atoms with Crippen LogP contribution in [0.4, 0.5) is 21.8 Å². The number of hydrogen-bond acceptors (Lipinski definition) is 4. The molecule has 2 N–H and O–H groups in total.